The van der Waals surface area contributed by atoms with Crippen LogP contribution in [-0.2, 0) is 12.8 Å². The van der Waals surface area contributed by atoms with Crippen LogP contribution in [0, 0.1) is 5.92 Å². The normalized spacial score (nSPS) is 21.8. The van der Waals surface area contributed by atoms with Gasteiger partial charge in [0.2, 0.25) is 0 Å². The minimum atomic E-state index is 0.268. The highest BCUT2D eigenvalue weighted by Crippen LogP contribution is 2.50. The zero-order valence-corrected chi connectivity index (χ0v) is 14.7. The van der Waals surface area contributed by atoms with E-state index in [1.54, 1.807) is 6.07 Å². The fraction of sp³-hybridized carbons (Fsp3) is 0.304. The summed E-state index contributed by atoms with van der Waals surface area (Å²) in [5, 5.41) is 10.2. The van der Waals surface area contributed by atoms with Gasteiger partial charge < -0.3 is 9.84 Å². The maximum Gasteiger partial charge on any atom is 0.134 e. The van der Waals surface area contributed by atoms with E-state index in [1.165, 1.54) is 22.3 Å². The number of hydrogen-bond donors (Lipinski definition) is 1. The largest absolute Gasteiger partial charge is 0.508 e. The Hall–Kier alpha value is -2.48. The van der Waals surface area contributed by atoms with E-state index < -0.39 is 0 Å². The van der Waals surface area contributed by atoms with Crippen molar-refractivity contribution < 1.29 is 9.84 Å². The summed E-state index contributed by atoms with van der Waals surface area (Å²) in [5.41, 5.74) is 5.18. The molecule has 2 aromatic rings. The summed E-state index contributed by atoms with van der Waals surface area (Å²) < 4.78 is 6.03. The number of allylic oxidation sites excluding steroid dienone is 3. The van der Waals surface area contributed by atoms with Gasteiger partial charge in [-0.05, 0) is 49.8 Å². The first-order valence-corrected chi connectivity index (χ1v) is 9.05. The van der Waals surface area contributed by atoms with Crippen LogP contribution in [-0.4, -0.2) is 5.11 Å². The van der Waals surface area contributed by atoms with E-state index in [9.17, 15) is 5.11 Å². The number of ether oxygens (including phenoxy) is 1. The van der Waals surface area contributed by atoms with E-state index in [0.29, 0.717) is 11.8 Å². The van der Waals surface area contributed by atoms with Gasteiger partial charge in [-0.2, -0.15) is 0 Å². The van der Waals surface area contributed by atoms with Gasteiger partial charge >= 0.3 is 0 Å². The van der Waals surface area contributed by atoms with Crippen molar-refractivity contribution >= 4 is 0 Å². The summed E-state index contributed by atoms with van der Waals surface area (Å²) in [4.78, 5) is 0. The molecule has 0 saturated heterocycles. The molecule has 0 aromatic heterocycles. The van der Waals surface area contributed by atoms with Crippen molar-refractivity contribution in [1.82, 2.24) is 0 Å². The highest BCUT2D eigenvalue weighted by Gasteiger charge is 2.36. The Balaban J connectivity index is 1.73. The molecular formula is C23H24O2. The van der Waals surface area contributed by atoms with Crippen molar-refractivity contribution in [2.24, 2.45) is 5.92 Å². The molecule has 4 rings (SSSR count). The Bertz CT molecular complexity index is 833. The van der Waals surface area contributed by atoms with Gasteiger partial charge in [-0.1, -0.05) is 48.6 Å². The number of rotatable bonds is 3. The summed E-state index contributed by atoms with van der Waals surface area (Å²) >= 11 is 0. The van der Waals surface area contributed by atoms with Gasteiger partial charge in [-0.25, -0.2) is 0 Å². The van der Waals surface area contributed by atoms with Crippen molar-refractivity contribution in [3.8, 4) is 11.5 Å². The smallest absolute Gasteiger partial charge is 0.134 e. The third-order valence-electron chi connectivity index (χ3n) is 5.47. The molecule has 1 aliphatic heterocycles. The summed E-state index contributed by atoms with van der Waals surface area (Å²) in [6, 6.07) is 14.1. The molecule has 2 heteroatoms. The highest BCUT2D eigenvalue weighted by molar-refractivity contribution is 5.53. The van der Waals surface area contributed by atoms with Gasteiger partial charge in [0.15, 0.2) is 0 Å². The van der Waals surface area contributed by atoms with Crippen molar-refractivity contribution in [3.05, 3.63) is 83.1 Å². The molecule has 0 radical (unpaired) electrons. The standard InChI is InChI=1S/C23H24O2/c1-15-8-11-20-16(2)25-22-14-19(24)13-18(23(22)21(20)12-15)10-9-17-6-4-3-5-7-17/h3-7,12-14,20-21,24H,2,8-11H2,1H3/t20-,21+/m0/s1. The SMILES string of the molecule is C=C1Oc2cc(O)cc(CCc3ccccc3)c2[C@@H]2C=C(C)CC[C@@H]12. The Morgan fingerprint density at radius 1 is 1.16 bits per heavy atom. The molecule has 0 spiro atoms. The summed E-state index contributed by atoms with van der Waals surface area (Å²) in [5.74, 6) is 2.54. The Kier molecular flexibility index (Phi) is 4.12. The van der Waals surface area contributed by atoms with Crippen LogP contribution < -0.4 is 4.74 Å². The van der Waals surface area contributed by atoms with Crippen LogP contribution in [0.5, 0.6) is 11.5 Å². The van der Waals surface area contributed by atoms with Crippen LogP contribution >= 0.6 is 0 Å². The van der Waals surface area contributed by atoms with Crippen LogP contribution in [0.3, 0.4) is 0 Å². The van der Waals surface area contributed by atoms with Crippen molar-refractivity contribution in [2.45, 2.75) is 38.5 Å². The van der Waals surface area contributed by atoms with Gasteiger partial charge in [-0.3, -0.25) is 0 Å². The first-order valence-electron chi connectivity index (χ1n) is 9.05. The zero-order chi connectivity index (χ0) is 17.4. The number of fused-ring (bicyclic) bond motifs is 3. The molecule has 2 atom stereocenters. The third-order valence-corrected chi connectivity index (χ3v) is 5.47. The Labute approximate surface area is 149 Å². The van der Waals surface area contributed by atoms with Crippen LogP contribution in [0.2, 0.25) is 0 Å². The average molecular weight is 332 g/mol. The van der Waals surface area contributed by atoms with Crippen molar-refractivity contribution in [1.29, 1.82) is 0 Å². The lowest BCUT2D eigenvalue weighted by Crippen LogP contribution is -2.26. The minimum absolute atomic E-state index is 0.268. The lowest BCUT2D eigenvalue weighted by Gasteiger charge is -2.37. The number of phenolic OH excluding ortho intramolecular Hbond substituents is 1. The summed E-state index contributed by atoms with van der Waals surface area (Å²) in [6.07, 6.45) is 6.43. The van der Waals surface area contributed by atoms with E-state index >= 15 is 0 Å². The first-order chi connectivity index (χ1) is 12.1. The van der Waals surface area contributed by atoms with E-state index in [1.807, 2.05) is 12.1 Å². The van der Waals surface area contributed by atoms with Gasteiger partial charge in [0.05, 0.1) is 0 Å². The molecule has 1 N–H and O–H groups in total. The lowest BCUT2D eigenvalue weighted by atomic mass is 9.73. The molecule has 0 fully saturated rings. The molecule has 1 heterocycles. The summed E-state index contributed by atoms with van der Waals surface area (Å²) in [6.45, 7) is 6.35. The van der Waals surface area contributed by atoms with Crippen molar-refractivity contribution in [2.75, 3.05) is 0 Å². The second-order valence-electron chi connectivity index (χ2n) is 7.25. The number of aromatic hydroxyl groups is 1. The molecule has 1 aliphatic carbocycles. The molecule has 0 bridgehead atoms. The van der Waals surface area contributed by atoms with Crippen LogP contribution in [0.1, 0.15) is 42.4 Å². The third kappa shape index (κ3) is 3.09. The fourth-order valence-corrected chi connectivity index (χ4v) is 4.19. The number of phenols is 1. The van der Waals surface area contributed by atoms with Gasteiger partial charge in [-0.15, -0.1) is 0 Å². The maximum atomic E-state index is 10.2. The van der Waals surface area contributed by atoms with Gasteiger partial charge in [0.25, 0.3) is 0 Å². The van der Waals surface area contributed by atoms with Gasteiger partial charge in [0.1, 0.15) is 17.3 Å². The molecule has 0 saturated carbocycles. The Morgan fingerprint density at radius 2 is 1.96 bits per heavy atom. The van der Waals surface area contributed by atoms with E-state index in [4.69, 9.17) is 4.74 Å². The fourth-order valence-electron chi connectivity index (χ4n) is 4.19. The van der Waals surface area contributed by atoms with Gasteiger partial charge in [0, 0.05) is 23.5 Å². The lowest BCUT2D eigenvalue weighted by molar-refractivity contribution is 0.278. The molecule has 2 aromatic carbocycles. The highest BCUT2D eigenvalue weighted by atomic mass is 16.5. The predicted octanol–water partition coefficient (Wildman–Crippen LogP) is 5.52. The number of benzene rings is 2. The van der Waals surface area contributed by atoms with E-state index in [0.717, 1.165) is 37.2 Å². The second kappa shape index (κ2) is 6.44. The Morgan fingerprint density at radius 3 is 2.76 bits per heavy atom. The molecule has 2 aliphatic rings. The van der Waals surface area contributed by atoms with Crippen LogP contribution in [0.4, 0.5) is 0 Å². The van der Waals surface area contributed by atoms with E-state index in [2.05, 4.69) is 43.8 Å². The molecule has 0 amide bonds. The van der Waals surface area contributed by atoms with E-state index in [-0.39, 0.29) is 5.75 Å². The number of aryl methyl sites for hydroxylation is 2. The summed E-state index contributed by atoms with van der Waals surface area (Å²) in [7, 11) is 0. The average Bonchev–Trinajstić information content (AvgIpc) is 2.60. The number of hydrogen-bond acceptors (Lipinski definition) is 2. The minimum Gasteiger partial charge on any atom is -0.508 e. The second-order valence-corrected chi connectivity index (χ2v) is 7.25. The van der Waals surface area contributed by atoms with Crippen LogP contribution in [0.15, 0.2) is 66.5 Å². The monoisotopic (exact) mass is 332 g/mol. The molecule has 25 heavy (non-hydrogen) atoms. The van der Waals surface area contributed by atoms with Crippen molar-refractivity contribution in [3.63, 3.8) is 0 Å². The predicted molar refractivity (Wildman–Crippen MR) is 101 cm³/mol. The molecular weight excluding hydrogens is 308 g/mol. The zero-order valence-electron chi connectivity index (χ0n) is 14.7. The molecule has 0 unspecified atom stereocenters. The molecule has 2 nitrogen and oxygen atoms in total. The maximum absolute atomic E-state index is 10.2. The van der Waals surface area contributed by atoms with Crippen LogP contribution in [0.25, 0.3) is 0 Å². The first kappa shape index (κ1) is 16.0. The molecule has 128 valence electrons. The topological polar surface area (TPSA) is 29.5 Å². The quantitative estimate of drug-likeness (QED) is 0.750.